The Morgan fingerprint density at radius 1 is 1.56 bits per heavy atom. The molecule has 0 saturated heterocycles. The number of carbonyl (C=O) groups is 1. The molecule has 0 saturated carbocycles. The third-order valence-electron chi connectivity index (χ3n) is 2.46. The molecule has 0 aliphatic carbocycles. The SMILES string of the molecule is CCCC(C)NC(=O)CSc1ccc(Br)cc1N. The number of hydrogen-bond donors (Lipinski definition) is 2. The van der Waals surface area contributed by atoms with E-state index in [2.05, 4.69) is 28.2 Å². The van der Waals surface area contributed by atoms with Crippen LogP contribution >= 0.6 is 27.7 Å². The lowest BCUT2D eigenvalue weighted by molar-refractivity contribution is -0.119. The Hall–Kier alpha value is -0.680. The van der Waals surface area contributed by atoms with Gasteiger partial charge in [-0.2, -0.15) is 0 Å². The highest BCUT2D eigenvalue weighted by Crippen LogP contribution is 2.27. The fraction of sp³-hybridized carbons (Fsp3) is 0.462. The summed E-state index contributed by atoms with van der Waals surface area (Å²) < 4.78 is 0.949. The van der Waals surface area contributed by atoms with Gasteiger partial charge in [-0.3, -0.25) is 4.79 Å². The van der Waals surface area contributed by atoms with E-state index in [1.807, 2.05) is 25.1 Å². The molecule has 0 spiro atoms. The highest BCUT2D eigenvalue weighted by Gasteiger charge is 2.08. The maximum absolute atomic E-state index is 11.7. The maximum Gasteiger partial charge on any atom is 0.230 e. The summed E-state index contributed by atoms with van der Waals surface area (Å²) in [7, 11) is 0. The van der Waals surface area contributed by atoms with Crippen molar-refractivity contribution in [3.05, 3.63) is 22.7 Å². The molecule has 1 aromatic carbocycles. The standard InChI is InChI=1S/C13H19BrN2OS/c1-3-4-9(2)16-13(17)8-18-12-6-5-10(14)7-11(12)15/h5-7,9H,3-4,8,15H2,1-2H3,(H,16,17). The lowest BCUT2D eigenvalue weighted by atomic mass is 10.2. The zero-order valence-electron chi connectivity index (χ0n) is 10.7. The van der Waals surface area contributed by atoms with E-state index in [9.17, 15) is 4.79 Å². The third kappa shape index (κ3) is 5.31. The van der Waals surface area contributed by atoms with Crippen LogP contribution in [0.3, 0.4) is 0 Å². The van der Waals surface area contributed by atoms with Gasteiger partial charge in [-0.25, -0.2) is 0 Å². The molecular weight excluding hydrogens is 312 g/mol. The summed E-state index contributed by atoms with van der Waals surface area (Å²) in [4.78, 5) is 12.6. The maximum atomic E-state index is 11.7. The molecule has 0 fully saturated rings. The molecule has 1 atom stereocenters. The van der Waals surface area contributed by atoms with Crippen molar-refractivity contribution in [3.8, 4) is 0 Å². The third-order valence-corrected chi connectivity index (χ3v) is 4.04. The van der Waals surface area contributed by atoms with Crippen molar-refractivity contribution in [2.75, 3.05) is 11.5 Å². The van der Waals surface area contributed by atoms with Crippen LogP contribution < -0.4 is 11.1 Å². The van der Waals surface area contributed by atoms with E-state index in [-0.39, 0.29) is 11.9 Å². The number of amides is 1. The molecule has 100 valence electrons. The largest absolute Gasteiger partial charge is 0.398 e. The molecule has 0 radical (unpaired) electrons. The topological polar surface area (TPSA) is 55.1 Å². The molecule has 0 heterocycles. The molecule has 0 aliphatic heterocycles. The number of rotatable bonds is 6. The van der Waals surface area contributed by atoms with E-state index in [0.29, 0.717) is 11.4 Å². The Labute approximate surface area is 121 Å². The Morgan fingerprint density at radius 3 is 2.89 bits per heavy atom. The van der Waals surface area contributed by atoms with Gasteiger partial charge in [0.2, 0.25) is 5.91 Å². The normalized spacial score (nSPS) is 12.2. The predicted octanol–water partition coefficient (Wildman–Crippen LogP) is 3.43. The number of carbonyl (C=O) groups excluding carboxylic acids is 1. The highest BCUT2D eigenvalue weighted by molar-refractivity contribution is 9.10. The molecule has 0 aromatic heterocycles. The van der Waals surface area contributed by atoms with Gasteiger partial charge in [0.15, 0.2) is 0 Å². The van der Waals surface area contributed by atoms with Crippen LogP contribution in [-0.4, -0.2) is 17.7 Å². The molecule has 1 aromatic rings. The Bertz CT molecular complexity index is 412. The number of hydrogen-bond acceptors (Lipinski definition) is 3. The van der Waals surface area contributed by atoms with Crippen LogP contribution in [0, 0.1) is 0 Å². The van der Waals surface area contributed by atoms with Crippen molar-refractivity contribution in [3.63, 3.8) is 0 Å². The summed E-state index contributed by atoms with van der Waals surface area (Å²) in [5, 5.41) is 2.97. The van der Waals surface area contributed by atoms with Gasteiger partial charge in [0, 0.05) is 21.1 Å². The van der Waals surface area contributed by atoms with Crippen LogP contribution in [0.25, 0.3) is 0 Å². The zero-order valence-corrected chi connectivity index (χ0v) is 13.1. The summed E-state index contributed by atoms with van der Waals surface area (Å²) in [6.45, 7) is 4.14. The number of thioether (sulfide) groups is 1. The second-order valence-electron chi connectivity index (χ2n) is 4.23. The number of benzene rings is 1. The molecule has 5 heteroatoms. The molecule has 1 rings (SSSR count). The lowest BCUT2D eigenvalue weighted by Crippen LogP contribution is -2.33. The number of anilines is 1. The summed E-state index contributed by atoms with van der Waals surface area (Å²) in [5.74, 6) is 0.461. The van der Waals surface area contributed by atoms with Crippen molar-refractivity contribution < 1.29 is 4.79 Å². The van der Waals surface area contributed by atoms with E-state index in [0.717, 1.165) is 22.2 Å². The van der Waals surface area contributed by atoms with Gasteiger partial charge >= 0.3 is 0 Å². The first-order chi connectivity index (χ1) is 8.52. The van der Waals surface area contributed by atoms with Gasteiger partial charge in [-0.15, -0.1) is 11.8 Å². The van der Waals surface area contributed by atoms with Crippen LogP contribution in [-0.2, 0) is 4.79 Å². The van der Waals surface area contributed by atoms with Gasteiger partial charge in [-0.05, 0) is 31.5 Å². The van der Waals surface area contributed by atoms with Crippen LogP contribution in [0.1, 0.15) is 26.7 Å². The summed E-state index contributed by atoms with van der Waals surface area (Å²) in [5.41, 5.74) is 6.57. The van der Waals surface area contributed by atoms with Crippen LogP contribution in [0.5, 0.6) is 0 Å². The number of nitrogens with one attached hydrogen (secondary N) is 1. The van der Waals surface area contributed by atoms with Crippen molar-refractivity contribution in [1.29, 1.82) is 0 Å². The molecule has 0 aliphatic rings. The second kappa shape index (κ2) is 7.69. The van der Waals surface area contributed by atoms with E-state index in [1.165, 1.54) is 11.8 Å². The minimum atomic E-state index is 0.0586. The van der Waals surface area contributed by atoms with Gasteiger partial charge < -0.3 is 11.1 Å². The monoisotopic (exact) mass is 330 g/mol. The fourth-order valence-electron chi connectivity index (χ4n) is 1.62. The van der Waals surface area contributed by atoms with Gasteiger partial charge in [0.05, 0.1) is 5.75 Å². The van der Waals surface area contributed by atoms with E-state index < -0.39 is 0 Å². The van der Waals surface area contributed by atoms with E-state index in [1.54, 1.807) is 0 Å². The smallest absolute Gasteiger partial charge is 0.230 e. The molecule has 1 amide bonds. The number of halogens is 1. The molecule has 18 heavy (non-hydrogen) atoms. The number of nitrogen functional groups attached to an aromatic ring is 1. The first kappa shape index (κ1) is 15.4. The molecule has 0 bridgehead atoms. The fourth-order valence-corrected chi connectivity index (χ4v) is 2.75. The number of nitrogens with two attached hydrogens (primary N) is 1. The average molecular weight is 331 g/mol. The summed E-state index contributed by atoms with van der Waals surface area (Å²) in [6.07, 6.45) is 2.09. The molecule has 1 unspecified atom stereocenters. The van der Waals surface area contributed by atoms with Crippen molar-refractivity contribution in [1.82, 2.24) is 5.32 Å². The van der Waals surface area contributed by atoms with Crippen molar-refractivity contribution in [2.45, 2.75) is 37.6 Å². The first-order valence-corrected chi connectivity index (χ1v) is 7.78. The molecular formula is C13H19BrN2OS. The molecule has 3 nitrogen and oxygen atoms in total. The first-order valence-electron chi connectivity index (χ1n) is 6.00. The van der Waals surface area contributed by atoms with E-state index >= 15 is 0 Å². The van der Waals surface area contributed by atoms with Gasteiger partial charge in [0.25, 0.3) is 0 Å². The quantitative estimate of drug-likeness (QED) is 0.620. The van der Waals surface area contributed by atoms with Crippen LogP contribution in [0.15, 0.2) is 27.6 Å². The second-order valence-corrected chi connectivity index (χ2v) is 6.16. The predicted molar refractivity (Wildman–Crippen MR) is 81.8 cm³/mol. The van der Waals surface area contributed by atoms with Gasteiger partial charge in [0.1, 0.15) is 0 Å². The van der Waals surface area contributed by atoms with Crippen LogP contribution in [0.4, 0.5) is 5.69 Å². The molecule has 3 N–H and O–H groups in total. The van der Waals surface area contributed by atoms with E-state index in [4.69, 9.17) is 5.73 Å². The Morgan fingerprint density at radius 2 is 2.28 bits per heavy atom. The average Bonchev–Trinajstić information content (AvgIpc) is 2.28. The summed E-state index contributed by atoms with van der Waals surface area (Å²) in [6, 6.07) is 5.94. The van der Waals surface area contributed by atoms with Crippen LogP contribution in [0.2, 0.25) is 0 Å². The van der Waals surface area contributed by atoms with Crippen molar-refractivity contribution in [2.24, 2.45) is 0 Å². The zero-order chi connectivity index (χ0) is 13.5. The summed E-state index contributed by atoms with van der Waals surface area (Å²) >= 11 is 4.82. The minimum Gasteiger partial charge on any atom is -0.398 e. The van der Waals surface area contributed by atoms with Crippen molar-refractivity contribution >= 4 is 39.3 Å². The lowest BCUT2D eigenvalue weighted by Gasteiger charge is -2.12. The minimum absolute atomic E-state index is 0.0586. The Balaban J connectivity index is 2.42. The Kier molecular flexibility index (Phi) is 6.57. The van der Waals surface area contributed by atoms with Gasteiger partial charge in [-0.1, -0.05) is 29.3 Å². The highest BCUT2D eigenvalue weighted by atomic mass is 79.9.